The average Bonchev–Trinajstić information content (AvgIpc) is 3.78. The number of aryl methyl sites for hydroxylation is 2. The van der Waals surface area contributed by atoms with Crippen molar-refractivity contribution in [3.63, 3.8) is 0 Å². The fourth-order valence-corrected chi connectivity index (χ4v) is 7.25. The zero-order valence-corrected chi connectivity index (χ0v) is 30.1. The summed E-state index contributed by atoms with van der Waals surface area (Å²) in [5, 5.41) is 32.6. The summed E-state index contributed by atoms with van der Waals surface area (Å²) >= 11 is 0. The van der Waals surface area contributed by atoms with Crippen molar-refractivity contribution in [2.75, 3.05) is 38.6 Å². The molecule has 1 amide bonds. The summed E-state index contributed by atoms with van der Waals surface area (Å²) in [6.45, 7) is 10.1. The summed E-state index contributed by atoms with van der Waals surface area (Å²) < 4.78 is 5.60. The van der Waals surface area contributed by atoms with Gasteiger partial charge in [-0.15, -0.1) is 0 Å². The fraction of sp³-hybridized carbons (Fsp3) is 0.333. The van der Waals surface area contributed by atoms with Gasteiger partial charge < -0.3 is 20.3 Å². The van der Waals surface area contributed by atoms with Crippen molar-refractivity contribution in [3.05, 3.63) is 111 Å². The molecule has 0 aliphatic carbocycles. The van der Waals surface area contributed by atoms with Crippen LogP contribution in [0, 0.1) is 38.0 Å². The van der Waals surface area contributed by atoms with Crippen LogP contribution in [-0.4, -0.2) is 76.3 Å². The summed E-state index contributed by atoms with van der Waals surface area (Å²) in [4.78, 5) is 33.6. The maximum absolute atomic E-state index is 13.4. The van der Waals surface area contributed by atoms with Gasteiger partial charge in [-0.25, -0.2) is 0 Å². The van der Waals surface area contributed by atoms with Crippen molar-refractivity contribution in [3.8, 4) is 22.9 Å². The van der Waals surface area contributed by atoms with Gasteiger partial charge in [0.1, 0.15) is 17.5 Å². The number of β-amino-alcohol motifs (C(OH)–C–C–N with tert-alkyl or cyclic N) is 1. The molecule has 3 aromatic carbocycles. The topological polar surface area (TPSA) is 139 Å². The summed E-state index contributed by atoms with van der Waals surface area (Å²) in [6, 6.07) is 19.8. The maximum Gasteiger partial charge on any atom is 0.307 e. The minimum absolute atomic E-state index is 0.221. The van der Waals surface area contributed by atoms with Crippen molar-refractivity contribution < 1.29 is 24.5 Å². The van der Waals surface area contributed by atoms with Gasteiger partial charge in [-0.2, -0.15) is 5.26 Å². The zero-order valence-electron chi connectivity index (χ0n) is 30.1. The lowest BCUT2D eigenvalue weighted by Crippen LogP contribution is -2.23. The highest BCUT2D eigenvalue weighted by Gasteiger charge is 2.28. The number of carboxylic acids is 1. The Kier molecular flexibility index (Phi) is 11.2. The van der Waals surface area contributed by atoms with E-state index in [1.54, 1.807) is 19.4 Å². The number of amides is 1. The van der Waals surface area contributed by atoms with Crippen LogP contribution in [0.5, 0.6) is 5.75 Å². The Balaban J connectivity index is 1.19. The van der Waals surface area contributed by atoms with E-state index < -0.39 is 5.97 Å². The SMILES string of the molecule is COc1cc(C(=O)Nc2cccc(-c3cccc(/C=C/c4cc(C)c(CN5CC[C@@H](C(=O)O)C5)cc4C)c3C#N)c2C)ncc1CN1CC[C@@H](O)C1. The highest BCUT2D eigenvalue weighted by atomic mass is 16.5. The quantitative estimate of drug-likeness (QED) is 0.151. The molecule has 3 heterocycles. The predicted molar refractivity (Wildman–Crippen MR) is 202 cm³/mol. The first-order valence-corrected chi connectivity index (χ1v) is 17.7. The highest BCUT2D eigenvalue weighted by Crippen LogP contribution is 2.34. The Bertz CT molecular complexity index is 2070. The minimum Gasteiger partial charge on any atom is -0.496 e. The lowest BCUT2D eigenvalue weighted by molar-refractivity contribution is -0.141. The molecule has 3 N–H and O–H groups in total. The number of anilines is 1. The molecular weight excluding hydrogens is 654 g/mol. The van der Waals surface area contributed by atoms with E-state index in [-0.39, 0.29) is 23.6 Å². The molecule has 0 radical (unpaired) electrons. The Hall–Kier alpha value is -5.34. The van der Waals surface area contributed by atoms with E-state index >= 15 is 0 Å². The van der Waals surface area contributed by atoms with E-state index in [0.717, 1.165) is 70.6 Å². The monoisotopic (exact) mass is 699 g/mol. The van der Waals surface area contributed by atoms with E-state index in [1.807, 2.05) is 55.5 Å². The van der Waals surface area contributed by atoms with Crippen molar-refractivity contribution in [2.45, 2.75) is 52.8 Å². The lowest BCUT2D eigenvalue weighted by Gasteiger charge is -2.18. The van der Waals surface area contributed by atoms with Gasteiger partial charge in [0.15, 0.2) is 0 Å². The number of likely N-dealkylation sites (tertiary alicyclic amines) is 2. The first-order chi connectivity index (χ1) is 25.0. The van der Waals surface area contributed by atoms with E-state index in [2.05, 4.69) is 52.2 Å². The van der Waals surface area contributed by atoms with Gasteiger partial charge in [0.25, 0.3) is 5.91 Å². The van der Waals surface area contributed by atoms with E-state index in [9.17, 15) is 25.1 Å². The molecular formula is C42H45N5O5. The minimum atomic E-state index is -0.723. The van der Waals surface area contributed by atoms with Crippen LogP contribution in [0.1, 0.15) is 67.8 Å². The van der Waals surface area contributed by atoms with Crippen LogP contribution >= 0.6 is 0 Å². The number of rotatable bonds is 11. The largest absolute Gasteiger partial charge is 0.496 e. The third-order valence-electron chi connectivity index (χ3n) is 10.3. The molecule has 52 heavy (non-hydrogen) atoms. The molecule has 0 bridgehead atoms. The van der Waals surface area contributed by atoms with Crippen LogP contribution in [0.3, 0.4) is 0 Å². The molecule has 1 aromatic heterocycles. The molecule has 10 nitrogen and oxygen atoms in total. The number of benzene rings is 3. The number of carboxylic acid groups (broad SMARTS) is 1. The van der Waals surface area contributed by atoms with Crippen molar-refractivity contribution in [1.82, 2.24) is 14.8 Å². The standard InChI is InChI=1S/C42H45N5O5/c1-26-18-32(23-46-15-13-31(22-46)42(50)51)27(2)17-30(26)12-11-29-7-5-9-36(37(29)20-43)35-8-6-10-38(28(35)3)45-41(49)39-19-40(52-4)33(21-44-39)24-47-16-14-34(48)25-47/h5-12,17-19,21,31,34,48H,13-16,22-25H2,1-4H3,(H,45,49)(H,50,51)/b12-11+/t31-,34-/m1/s1. The Labute approximate surface area is 305 Å². The normalized spacial score (nSPS) is 17.8. The summed E-state index contributed by atoms with van der Waals surface area (Å²) in [5.41, 5.74) is 9.90. The van der Waals surface area contributed by atoms with Crippen molar-refractivity contribution >= 4 is 29.7 Å². The van der Waals surface area contributed by atoms with Gasteiger partial charge in [0.2, 0.25) is 0 Å². The zero-order chi connectivity index (χ0) is 36.9. The maximum atomic E-state index is 13.4. The number of nitrogens with zero attached hydrogens (tertiary/aromatic N) is 4. The third-order valence-corrected chi connectivity index (χ3v) is 10.3. The smallest absolute Gasteiger partial charge is 0.307 e. The fourth-order valence-electron chi connectivity index (χ4n) is 7.25. The summed E-state index contributed by atoms with van der Waals surface area (Å²) in [6.07, 6.45) is 6.75. The molecule has 2 aliphatic heterocycles. The number of hydrogen-bond acceptors (Lipinski definition) is 8. The van der Waals surface area contributed by atoms with Crippen LogP contribution in [-0.2, 0) is 17.9 Å². The molecule has 2 fully saturated rings. The number of hydrogen-bond donors (Lipinski definition) is 3. The van der Waals surface area contributed by atoms with Crippen LogP contribution in [0.15, 0.2) is 60.8 Å². The number of carbonyl (C=O) groups excluding carboxylic acids is 1. The molecule has 268 valence electrons. The summed E-state index contributed by atoms with van der Waals surface area (Å²) in [5.74, 6) is -0.833. The number of pyridine rings is 1. The Morgan fingerprint density at radius 3 is 2.37 bits per heavy atom. The van der Waals surface area contributed by atoms with Gasteiger partial charge >= 0.3 is 5.97 Å². The number of methoxy groups -OCH3 is 1. The van der Waals surface area contributed by atoms with Gasteiger partial charge in [-0.3, -0.25) is 24.4 Å². The first kappa shape index (κ1) is 36.5. The molecule has 0 saturated carbocycles. The Morgan fingerprint density at radius 1 is 0.942 bits per heavy atom. The molecule has 0 spiro atoms. The molecule has 6 rings (SSSR count). The number of aliphatic hydroxyl groups excluding tert-OH is 1. The molecule has 2 aliphatic rings. The van der Waals surface area contributed by atoms with E-state index in [4.69, 9.17) is 4.74 Å². The number of aliphatic carboxylic acids is 1. The van der Waals surface area contributed by atoms with Crippen LogP contribution in [0.2, 0.25) is 0 Å². The average molecular weight is 700 g/mol. The number of aromatic nitrogens is 1. The Morgan fingerprint density at radius 2 is 1.65 bits per heavy atom. The van der Waals surface area contributed by atoms with Crippen molar-refractivity contribution in [2.24, 2.45) is 5.92 Å². The second-order valence-electron chi connectivity index (χ2n) is 13.9. The third kappa shape index (κ3) is 8.08. The van der Waals surface area contributed by atoms with Gasteiger partial charge in [0, 0.05) is 61.8 Å². The number of nitrogens with one attached hydrogen (secondary N) is 1. The van der Waals surface area contributed by atoms with Gasteiger partial charge in [-0.1, -0.05) is 54.6 Å². The predicted octanol–water partition coefficient (Wildman–Crippen LogP) is 6.45. The van der Waals surface area contributed by atoms with Crippen LogP contribution in [0.4, 0.5) is 5.69 Å². The lowest BCUT2D eigenvalue weighted by atomic mass is 9.92. The van der Waals surface area contributed by atoms with Crippen molar-refractivity contribution in [1.29, 1.82) is 5.26 Å². The first-order valence-electron chi connectivity index (χ1n) is 17.7. The summed E-state index contributed by atoms with van der Waals surface area (Å²) in [7, 11) is 1.57. The number of aliphatic hydroxyl groups is 1. The van der Waals surface area contributed by atoms with Gasteiger partial charge in [0.05, 0.1) is 24.7 Å². The molecule has 10 heteroatoms. The van der Waals surface area contributed by atoms with Gasteiger partial charge in [-0.05, 0) is 85.2 Å². The van der Waals surface area contributed by atoms with E-state index in [0.29, 0.717) is 43.1 Å². The number of ether oxygens (including phenoxy) is 1. The van der Waals surface area contributed by atoms with E-state index in [1.165, 1.54) is 5.56 Å². The second kappa shape index (κ2) is 15.9. The van der Waals surface area contributed by atoms with Crippen LogP contribution in [0.25, 0.3) is 23.3 Å². The molecule has 4 aromatic rings. The molecule has 2 saturated heterocycles. The van der Waals surface area contributed by atoms with Crippen LogP contribution < -0.4 is 10.1 Å². The number of carbonyl (C=O) groups is 2. The molecule has 2 atom stereocenters. The highest BCUT2D eigenvalue weighted by molar-refractivity contribution is 6.04. The number of nitriles is 1. The second-order valence-corrected chi connectivity index (χ2v) is 13.9. The molecule has 0 unspecified atom stereocenters.